The summed E-state index contributed by atoms with van der Waals surface area (Å²) < 4.78 is 20.9. The normalized spacial score (nSPS) is 10.3. The number of hydrogen-bond donors (Lipinski definition) is 1. The molecule has 22 heavy (non-hydrogen) atoms. The van der Waals surface area contributed by atoms with E-state index in [1.165, 1.54) is 0 Å². The number of fused-ring (bicyclic) bond motifs is 1. The molecule has 8 heteroatoms. The molecule has 122 valence electrons. The molecular weight excluding hydrogens is 310 g/mol. The number of rotatable bonds is 8. The van der Waals surface area contributed by atoms with Crippen LogP contribution in [0.1, 0.15) is 0 Å². The van der Waals surface area contributed by atoms with Crippen molar-refractivity contribution >= 4 is 29.1 Å². The molecule has 0 atom stereocenters. The smallest absolute Gasteiger partial charge is 0.319 e. The molecule has 1 aromatic carbocycles. The molecule has 0 fully saturated rings. The van der Waals surface area contributed by atoms with Gasteiger partial charge in [0, 0.05) is 14.2 Å². The third-order valence-electron chi connectivity index (χ3n) is 2.76. The average Bonchev–Trinajstić information content (AvgIpc) is 2.47. The second-order valence-electron chi connectivity index (χ2n) is 4.22. The monoisotopic (exact) mass is 329 g/mol. The summed E-state index contributed by atoms with van der Waals surface area (Å²) in [5, 5.41) is 0.674. The molecule has 0 amide bonds. The summed E-state index contributed by atoms with van der Waals surface area (Å²) in [5.74, 6) is 0.950. The SMILES string of the molecule is COCCOc1nc(N)c2c(OCCOC)cccc2n1.Cl. The van der Waals surface area contributed by atoms with Crippen LogP contribution in [-0.2, 0) is 9.47 Å². The molecule has 0 spiro atoms. The van der Waals surface area contributed by atoms with E-state index < -0.39 is 0 Å². The molecule has 0 aliphatic carbocycles. The van der Waals surface area contributed by atoms with Gasteiger partial charge in [-0.05, 0) is 12.1 Å². The van der Waals surface area contributed by atoms with E-state index in [2.05, 4.69) is 9.97 Å². The Balaban J connectivity index is 0.00000242. The minimum absolute atomic E-state index is 0. The minimum atomic E-state index is 0. The zero-order chi connectivity index (χ0) is 15.1. The number of hydrogen-bond acceptors (Lipinski definition) is 7. The second kappa shape index (κ2) is 9.24. The molecule has 0 unspecified atom stereocenters. The highest BCUT2D eigenvalue weighted by atomic mass is 35.5. The summed E-state index contributed by atoms with van der Waals surface area (Å²) in [4.78, 5) is 8.46. The van der Waals surface area contributed by atoms with Crippen molar-refractivity contribution in [2.24, 2.45) is 0 Å². The van der Waals surface area contributed by atoms with E-state index in [4.69, 9.17) is 24.7 Å². The van der Waals surface area contributed by atoms with Gasteiger partial charge in [0.15, 0.2) is 0 Å². The number of nitrogen functional groups attached to an aromatic ring is 1. The van der Waals surface area contributed by atoms with E-state index in [9.17, 15) is 0 Å². The van der Waals surface area contributed by atoms with Crippen molar-refractivity contribution in [2.45, 2.75) is 0 Å². The Kier molecular flexibility index (Phi) is 7.65. The number of aromatic nitrogens is 2. The number of benzene rings is 1. The summed E-state index contributed by atoms with van der Waals surface area (Å²) in [7, 11) is 3.22. The molecule has 0 saturated heterocycles. The van der Waals surface area contributed by atoms with E-state index in [-0.39, 0.29) is 18.4 Å². The van der Waals surface area contributed by atoms with Crippen LogP contribution < -0.4 is 15.2 Å². The third-order valence-corrected chi connectivity index (χ3v) is 2.76. The molecule has 1 heterocycles. The molecular formula is C14H20ClN3O4. The van der Waals surface area contributed by atoms with Gasteiger partial charge in [-0.1, -0.05) is 6.07 Å². The van der Waals surface area contributed by atoms with Crippen LogP contribution in [0.15, 0.2) is 18.2 Å². The first kappa shape index (κ1) is 18.2. The standard InChI is InChI=1S/C14H19N3O4.ClH/c1-18-6-8-20-11-5-3-4-10-12(11)13(15)17-14(16-10)21-9-7-19-2;/h3-5H,6-9H2,1-2H3,(H2,15,16,17);1H. The van der Waals surface area contributed by atoms with Crippen LogP contribution in [0.25, 0.3) is 10.9 Å². The lowest BCUT2D eigenvalue weighted by atomic mass is 10.2. The predicted octanol–water partition coefficient (Wildman–Crippen LogP) is 1.68. The molecule has 2 rings (SSSR count). The highest BCUT2D eigenvalue weighted by Crippen LogP contribution is 2.29. The van der Waals surface area contributed by atoms with Gasteiger partial charge in [-0.2, -0.15) is 9.97 Å². The van der Waals surface area contributed by atoms with Crippen molar-refractivity contribution in [1.29, 1.82) is 0 Å². The molecule has 1 aromatic heterocycles. The third kappa shape index (κ3) is 4.59. The van der Waals surface area contributed by atoms with Gasteiger partial charge in [-0.3, -0.25) is 0 Å². The van der Waals surface area contributed by atoms with Crippen molar-refractivity contribution in [3.05, 3.63) is 18.2 Å². The highest BCUT2D eigenvalue weighted by Gasteiger charge is 2.11. The van der Waals surface area contributed by atoms with E-state index >= 15 is 0 Å². The van der Waals surface area contributed by atoms with Crippen LogP contribution >= 0.6 is 12.4 Å². The number of nitrogens with two attached hydrogens (primary N) is 1. The zero-order valence-corrected chi connectivity index (χ0v) is 13.4. The first-order valence-electron chi connectivity index (χ1n) is 6.56. The van der Waals surface area contributed by atoms with Crippen LogP contribution in [0.4, 0.5) is 5.82 Å². The maximum Gasteiger partial charge on any atom is 0.319 e. The Bertz CT molecular complexity index is 598. The lowest BCUT2D eigenvalue weighted by Crippen LogP contribution is -2.09. The van der Waals surface area contributed by atoms with Crippen LogP contribution in [0, 0.1) is 0 Å². The first-order chi connectivity index (χ1) is 10.3. The Morgan fingerprint density at radius 2 is 1.64 bits per heavy atom. The van der Waals surface area contributed by atoms with Crippen molar-refractivity contribution in [1.82, 2.24) is 9.97 Å². The predicted molar refractivity (Wildman–Crippen MR) is 85.9 cm³/mol. The Morgan fingerprint density at radius 1 is 0.955 bits per heavy atom. The van der Waals surface area contributed by atoms with Gasteiger partial charge in [0.05, 0.1) is 24.1 Å². The first-order valence-corrected chi connectivity index (χ1v) is 6.56. The Morgan fingerprint density at radius 3 is 2.32 bits per heavy atom. The van der Waals surface area contributed by atoms with Crippen molar-refractivity contribution in [3.63, 3.8) is 0 Å². The van der Waals surface area contributed by atoms with Crippen LogP contribution in [-0.4, -0.2) is 50.6 Å². The molecule has 2 aromatic rings. The summed E-state index contributed by atoms with van der Waals surface area (Å²) >= 11 is 0. The maximum absolute atomic E-state index is 5.99. The van der Waals surface area contributed by atoms with Crippen LogP contribution in [0.2, 0.25) is 0 Å². The van der Waals surface area contributed by atoms with Gasteiger partial charge >= 0.3 is 6.01 Å². The lowest BCUT2D eigenvalue weighted by molar-refractivity contribution is 0.141. The fraction of sp³-hybridized carbons (Fsp3) is 0.429. The van der Waals surface area contributed by atoms with E-state index in [1.54, 1.807) is 14.2 Å². The summed E-state index contributed by atoms with van der Waals surface area (Å²) in [6.45, 7) is 1.75. The van der Waals surface area contributed by atoms with Gasteiger partial charge in [0.1, 0.15) is 24.8 Å². The molecule has 2 N–H and O–H groups in total. The lowest BCUT2D eigenvalue weighted by Gasteiger charge is -2.11. The van der Waals surface area contributed by atoms with Gasteiger partial charge in [-0.25, -0.2) is 0 Å². The van der Waals surface area contributed by atoms with Crippen LogP contribution in [0.3, 0.4) is 0 Å². The van der Waals surface area contributed by atoms with Crippen molar-refractivity contribution in [2.75, 3.05) is 46.4 Å². The fourth-order valence-corrected chi connectivity index (χ4v) is 1.79. The van der Waals surface area contributed by atoms with Crippen molar-refractivity contribution < 1.29 is 18.9 Å². The number of methoxy groups -OCH3 is 2. The van der Waals surface area contributed by atoms with Gasteiger partial charge < -0.3 is 24.7 Å². The Hall–Kier alpha value is -1.83. The fourth-order valence-electron chi connectivity index (χ4n) is 1.79. The summed E-state index contributed by atoms with van der Waals surface area (Å²) in [5.41, 5.74) is 6.66. The van der Waals surface area contributed by atoms with E-state index in [0.29, 0.717) is 48.9 Å². The van der Waals surface area contributed by atoms with Gasteiger partial charge in [0.25, 0.3) is 0 Å². The molecule has 0 aliphatic heterocycles. The number of ether oxygens (including phenoxy) is 4. The molecule has 0 aliphatic rings. The van der Waals surface area contributed by atoms with Crippen molar-refractivity contribution in [3.8, 4) is 11.8 Å². The van der Waals surface area contributed by atoms with E-state index in [1.807, 2.05) is 18.2 Å². The number of anilines is 1. The maximum atomic E-state index is 5.99. The highest BCUT2D eigenvalue weighted by molar-refractivity contribution is 5.93. The summed E-state index contributed by atoms with van der Waals surface area (Å²) in [6.07, 6.45) is 0. The molecule has 0 radical (unpaired) electrons. The average molecular weight is 330 g/mol. The largest absolute Gasteiger partial charge is 0.490 e. The summed E-state index contributed by atoms with van der Waals surface area (Å²) in [6, 6.07) is 5.73. The van der Waals surface area contributed by atoms with Gasteiger partial charge in [0.2, 0.25) is 0 Å². The van der Waals surface area contributed by atoms with Gasteiger partial charge in [-0.15, -0.1) is 12.4 Å². The van der Waals surface area contributed by atoms with Crippen LogP contribution in [0.5, 0.6) is 11.8 Å². The minimum Gasteiger partial charge on any atom is -0.490 e. The quantitative estimate of drug-likeness (QED) is 0.737. The molecule has 0 saturated carbocycles. The topological polar surface area (TPSA) is 88.7 Å². The van der Waals surface area contributed by atoms with E-state index in [0.717, 1.165) is 0 Å². The number of nitrogens with zero attached hydrogens (tertiary/aromatic N) is 2. The number of halogens is 1. The second-order valence-corrected chi connectivity index (χ2v) is 4.22. The zero-order valence-electron chi connectivity index (χ0n) is 12.6. The Labute approximate surface area is 135 Å². The molecule has 7 nitrogen and oxygen atoms in total. The molecule has 0 bridgehead atoms.